The van der Waals surface area contributed by atoms with Crippen LogP contribution >= 0.6 is 35.2 Å². The van der Waals surface area contributed by atoms with Crippen LogP contribution in [0.3, 0.4) is 0 Å². The van der Waals surface area contributed by atoms with Gasteiger partial charge in [0, 0.05) is 37.1 Å². The number of thioether (sulfide) groups is 1. The summed E-state index contributed by atoms with van der Waals surface area (Å²) in [5.74, 6) is -0.179. The minimum absolute atomic E-state index is 0.0340. The summed E-state index contributed by atoms with van der Waals surface area (Å²) < 4.78 is 62.5. The third kappa shape index (κ3) is 22.9. The number of carbonyl (C=O) groups is 3. The second-order valence-corrected chi connectivity index (χ2v) is 23.4. The molecule has 69 heavy (non-hydrogen) atoms. The fourth-order valence-electron chi connectivity index (χ4n) is 7.43. The van der Waals surface area contributed by atoms with Gasteiger partial charge in [-0.3, -0.25) is 32.5 Å². The molecule has 8 atom stereocenters. The average molecular weight is 1060 g/mol. The summed E-state index contributed by atoms with van der Waals surface area (Å²) in [5, 5.41) is 26.7. The Balaban J connectivity index is 1.28. The molecule has 1 saturated heterocycles. The first-order valence-corrected chi connectivity index (χ1v) is 29.0. The smallest absolute Gasteiger partial charge is 0.386 e. The van der Waals surface area contributed by atoms with Gasteiger partial charge in [0.25, 0.3) is 0 Å². The zero-order chi connectivity index (χ0) is 51.3. The number of nitrogens with one attached hydrogen (secondary N) is 2. The Morgan fingerprint density at radius 2 is 1.48 bits per heavy atom. The molecule has 1 fully saturated rings. The van der Waals surface area contributed by atoms with Crippen molar-refractivity contribution >= 4 is 69.1 Å². The molecule has 2 amide bonds. The fourth-order valence-corrected chi connectivity index (χ4v) is 11.0. The number of phosphoric acid groups is 3. The van der Waals surface area contributed by atoms with Crippen molar-refractivity contribution in [2.24, 2.45) is 11.3 Å². The lowest BCUT2D eigenvalue weighted by Gasteiger charge is -2.30. The van der Waals surface area contributed by atoms with Crippen LogP contribution in [0.1, 0.15) is 143 Å². The highest BCUT2D eigenvalue weighted by Crippen LogP contribution is 2.61. The molecular weight excluding hydrogens is 987 g/mol. The molecule has 0 aliphatic carbocycles. The standard InChI is InChI=1S/C41H74N7O17P3S/c1-5-6-7-15-18-29(2)19-16-13-11-9-8-10-12-14-17-20-32(50)69-24-23-43-31(49)21-22-44-39(53)36(52)41(3,4)26-62-68(59,60)65-67(57,58)61-25-30-35(64-66(54,55)56)34(51)40(63-30)48-28-47-33-37(42)45-27-46-38(33)48/h27-30,34-36,40,51-52H,5-26H2,1-4H3,(H,43,49)(H,44,53)(H,57,58)(H,59,60)(H2,42,45,46)(H2,54,55,56). The summed E-state index contributed by atoms with van der Waals surface area (Å²) in [5.41, 5.74) is 4.29. The van der Waals surface area contributed by atoms with Gasteiger partial charge in [0.1, 0.15) is 36.3 Å². The number of phosphoric ester groups is 3. The maximum absolute atomic E-state index is 12.8. The molecule has 1 aliphatic heterocycles. The van der Waals surface area contributed by atoms with Crippen LogP contribution in [0.25, 0.3) is 11.2 Å². The summed E-state index contributed by atoms with van der Waals surface area (Å²) in [6.45, 7) is 5.21. The Morgan fingerprint density at radius 1 is 0.870 bits per heavy atom. The van der Waals surface area contributed by atoms with Crippen molar-refractivity contribution in [3.63, 3.8) is 0 Å². The summed E-state index contributed by atoms with van der Waals surface area (Å²) in [6.07, 6.45) is 12.3. The van der Waals surface area contributed by atoms with E-state index in [1.54, 1.807) is 0 Å². The van der Waals surface area contributed by atoms with Crippen LogP contribution in [0.2, 0.25) is 0 Å². The van der Waals surface area contributed by atoms with E-state index in [2.05, 4.69) is 48.3 Å². The SMILES string of the molecule is CCCCCCC(C)CCCCCCCCCCCC(=O)SCCNC(=O)CCNC(=O)C(O)C(C)(C)COP(=O)(O)OP(=O)(O)OCC1OC(n2cnc3c(N)ncnc32)C(O)C1OP(=O)(O)O. The topological polar surface area (TPSA) is 364 Å². The maximum atomic E-state index is 12.8. The van der Waals surface area contributed by atoms with Crippen molar-refractivity contribution in [1.29, 1.82) is 0 Å². The number of hydrogen-bond acceptors (Lipinski definition) is 18. The molecule has 396 valence electrons. The van der Waals surface area contributed by atoms with Crippen LogP contribution in [0, 0.1) is 11.3 Å². The van der Waals surface area contributed by atoms with E-state index in [0.717, 1.165) is 54.2 Å². The molecule has 8 unspecified atom stereocenters. The van der Waals surface area contributed by atoms with E-state index in [0.29, 0.717) is 12.2 Å². The largest absolute Gasteiger partial charge is 0.481 e. The van der Waals surface area contributed by atoms with Crippen LogP contribution < -0.4 is 16.4 Å². The highest BCUT2D eigenvalue weighted by atomic mass is 32.2. The molecule has 2 aromatic rings. The minimum Gasteiger partial charge on any atom is -0.386 e. The van der Waals surface area contributed by atoms with E-state index in [1.165, 1.54) is 90.9 Å². The summed E-state index contributed by atoms with van der Waals surface area (Å²) >= 11 is 1.16. The lowest BCUT2D eigenvalue weighted by Crippen LogP contribution is -2.46. The van der Waals surface area contributed by atoms with Gasteiger partial charge in [0.2, 0.25) is 11.8 Å². The fraction of sp³-hybridized carbons (Fsp3) is 0.805. The lowest BCUT2D eigenvalue weighted by atomic mass is 9.87. The van der Waals surface area contributed by atoms with E-state index < -0.39 is 84.6 Å². The molecule has 0 spiro atoms. The number of unbranched alkanes of at least 4 members (excludes halogenated alkanes) is 11. The van der Waals surface area contributed by atoms with Crippen molar-refractivity contribution in [2.45, 2.75) is 167 Å². The Labute approximate surface area is 407 Å². The number of rotatable bonds is 36. The molecule has 0 bridgehead atoms. The van der Waals surface area contributed by atoms with Gasteiger partial charge in [0.05, 0.1) is 19.5 Å². The van der Waals surface area contributed by atoms with Crippen LogP contribution in [0.5, 0.6) is 0 Å². The molecule has 24 nitrogen and oxygen atoms in total. The Bertz CT molecular complexity index is 2050. The Morgan fingerprint density at radius 3 is 2.12 bits per heavy atom. The van der Waals surface area contributed by atoms with E-state index in [-0.39, 0.29) is 41.6 Å². The first-order valence-electron chi connectivity index (χ1n) is 23.5. The molecule has 0 saturated carbocycles. The summed E-state index contributed by atoms with van der Waals surface area (Å²) in [7, 11) is -16.4. The molecule has 28 heteroatoms. The van der Waals surface area contributed by atoms with Gasteiger partial charge in [-0.1, -0.05) is 129 Å². The van der Waals surface area contributed by atoms with Crippen molar-refractivity contribution in [2.75, 3.05) is 37.8 Å². The number of nitrogens with zero attached hydrogens (tertiary/aromatic N) is 4. The van der Waals surface area contributed by atoms with Crippen LogP contribution in [0.15, 0.2) is 12.7 Å². The van der Waals surface area contributed by atoms with Crippen LogP contribution in [-0.4, -0.2) is 123 Å². The number of imidazole rings is 1. The Kier molecular flexibility index (Phi) is 26.4. The molecule has 3 rings (SSSR count). The van der Waals surface area contributed by atoms with Gasteiger partial charge in [-0.15, -0.1) is 0 Å². The lowest BCUT2D eigenvalue weighted by molar-refractivity contribution is -0.137. The number of nitrogens with two attached hydrogens (primary N) is 1. The highest BCUT2D eigenvalue weighted by Gasteiger charge is 2.50. The molecule has 3 heterocycles. The second-order valence-electron chi connectivity index (χ2n) is 18.0. The van der Waals surface area contributed by atoms with E-state index in [4.69, 9.17) is 19.5 Å². The normalized spacial score (nSPS) is 20.3. The number of nitrogen functional groups attached to an aromatic ring is 1. The molecule has 2 aromatic heterocycles. The first kappa shape index (κ1) is 60.9. The van der Waals surface area contributed by atoms with Gasteiger partial charge in [-0.25, -0.2) is 28.6 Å². The number of amides is 2. The maximum Gasteiger partial charge on any atom is 0.481 e. The van der Waals surface area contributed by atoms with Gasteiger partial charge in [-0.05, 0) is 12.3 Å². The van der Waals surface area contributed by atoms with Gasteiger partial charge < -0.3 is 50.9 Å². The second kappa shape index (κ2) is 29.9. The first-order chi connectivity index (χ1) is 32.4. The number of aliphatic hydroxyl groups is 2. The van der Waals surface area contributed by atoms with Gasteiger partial charge in [-0.2, -0.15) is 4.31 Å². The van der Waals surface area contributed by atoms with Gasteiger partial charge in [0.15, 0.2) is 22.8 Å². The number of hydrogen-bond donors (Lipinski definition) is 9. The van der Waals surface area contributed by atoms with Crippen LogP contribution in [-0.2, 0) is 50.7 Å². The average Bonchev–Trinajstić information content (AvgIpc) is 3.83. The predicted molar refractivity (Wildman–Crippen MR) is 256 cm³/mol. The Hall–Kier alpha value is -2.44. The molecule has 10 N–H and O–H groups in total. The number of fused-ring (bicyclic) bond motifs is 1. The highest BCUT2D eigenvalue weighted by molar-refractivity contribution is 8.13. The van der Waals surface area contributed by atoms with Crippen LogP contribution in [0.4, 0.5) is 5.82 Å². The molecule has 0 aromatic carbocycles. The third-order valence-electron chi connectivity index (χ3n) is 11.4. The van der Waals surface area contributed by atoms with E-state index >= 15 is 0 Å². The van der Waals surface area contributed by atoms with Crippen molar-refractivity contribution in [1.82, 2.24) is 30.2 Å². The van der Waals surface area contributed by atoms with Crippen molar-refractivity contribution < 1.29 is 80.5 Å². The molecule has 0 radical (unpaired) electrons. The van der Waals surface area contributed by atoms with E-state index in [9.17, 15) is 57.9 Å². The third-order valence-corrected chi connectivity index (χ3v) is 15.4. The summed E-state index contributed by atoms with van der Waals surface area (Å²) in [6, 6.07) is 0. The number of carbonyl (C=O) groups excluding carboxylic acids is 3. The van der Waals surface area contributed by atoms with Gasteiger partial charge >= 0.3 is 23.5 Å². The number of ether oxygens (including phenoxy) is 1. The quantitative estimate of drug-likeness (QED) is 0.0298. The predicted octanol–water partition coefficient (Wildman–Crippen LogP) is 5.56. The zero-order valence-electron chi connectivity index (χ0n) is 40.0. The monoisotopic (exact) mass is 1060 g/mol. The zero-order valence-corrected chi connectivity index (χ0v) is 43.5. The van der Waals surface area contributed by atoms with Crippen molar-refractivity contribution in [3.05, 3.63) is 12.7 Å². The number of aromatic nitrogens is 4. The summed E-state index contributed by atoms with van der Waals surface area (Å²) in [4.78, 5) is 88.5. The number of aliphatic hydroxyl groups excluding tert-OH is 2. The van der Waals surface area contributed by atoms with Crippen molar-refractivity contribution in [3.8, 4) is 0 Å². The molecule has 1 aliphatic rings. The molecular formula is C41H74N7O17P3S. The minimum atomic E-state index is -5.58. The van der Waals surface area contributed by atoms with E-state index in [1.807, 2.05) is 0 Å². The number of anilines is 1.